The molecule has 3 rings (SSSR count). The number of likely N-dealkylation sites (N-methyl/N-ethyl adjacent to an activating group) is 1. The largest absolute Gasteiger partial charge is 0.419 e. The lowest BCUT2D eigenvalue weighted by Gasteiger charge is -2.18. The Hall–Kier alpha value is -2.09. The zero-order valence-corrected chi connectivity index (χ0v) is 20.2. The van der Waals surface area contributed by atoms with Gasteiger partial charge in [0.15, 0.2) is 18.8 Å². The third-order valence-corrected chi connectivity index (χ3v) is 6.66. The van der Waals surface area contributed by atoms with E-state index in [0.717, 1.165) is 23.5 Å². The molecule has 2 fully saturated rings. The lowest BCUT2D eigenvalue weighted by Crippen LogP contribution is -2.36. The highest BCUT2D eigenvalue weighted by Crippen LogP contribution is 2.33. The molecule has 2 N–H and O–H groups in total. The van der Waals surface area contributed by atoms with E-state index in [-0.39, 0.29) is 35.9 Å². The molecule has 0 saturated carbocycles. The van der Waals surface area contributed by atoms with E-state index in [0.29, 0.717) is 6.42 Å². The number of esters is 1. The Kier molecular flexibility index (Phi) is 10.9. The molecule has 0 aromatic heterocycles. The van der Waals surface area contributed by atoms with Crippen LogP contribution in [-0.4, -0.2) is 72.9 Å². The Morgan fingerprint density at radius 3 is 2.44 bits per heavy atom. The van der Waals surface area contributed by atoms with Gasteiger partial charge in [0.1, 0.15) is 6.54 Å². The molecule has 0 aliphatic carbocycles. The second-order valence-corrected chi connectivity index (χ2v) is 9.37. The van der Waals surface area contributed by atoms with Crippen molar-refractivity contribution in [3.05, 3.63) is 29.3 Å². The number of carbonyl (C=O) groups is 3. The summed E-state index contributed by atoms with van der Waals surface area (Å²) in [6.45, 7) is -0.643. The van der Waals surface area contributed by atoms with E-state index in [4.69, 9.17) is 7.12 Å². The van der Waals surface area contributed by atoms with Crippen LogP contribution < -0.4 is 15.4 Å². The molecule has 2 radical (unpaired) electrons. The Bertz CT molecular complexity index is 889. The topological polar surface area (TPSA) is 87.7 Å². The standard InChI is InChI=1S/C19H21F4N3O4S.CH3BS/c1-26(7-14(28)30-18-15(22)9(20)6-10(21)16(18)23)13(27)5-3-2-4-12-17-11(8-31-12)24-19(29)25-17;1-3-2/h6,11-12,17H,2-5,7-8H2,1H3,(H2,24,25,29);1H3/t11-,12-,17-;/m0./s1. The van der Waals surface area contributed by atoms with Crippen LogP contribution in [0.4, 0.5) is 22.4 Å². The first-order valence-corrected chi connectivity index (χ1v) is 12.6. The molecule has 2 aliphatic rings. The van der Waals surface area contributed by atoms with Crippen molar-refractivity contribution in [2.24, 2.45) is 0 Å². The first-order valence-electron chi connectivity index (χ1n) is 10.3. The number of urea groups is 1. The number of halogens is 4. The van der Waals surface area contributed by atoms with Crippen molar-refractivity contribution in [1.82, 2.24) is 15.5 Å². The summed E-state index contributed by atoms with van der Waals surface area (Å²) < 4.78 is 57.9. The maximum absolute atomic E-state index is 13.6. The summed E-state index contributed by atoms with van der Waals surface area (Å²) >= 11 is 3.02. The molecule has 0 bridgehead atoms. The van der Waals surface area contributed by atoms with Crippen LogP contribution in [0, 0.1) is 23.3 Å². The molecular weight excluding hydrogens is 497 g/mol. The van der Waals surface area contributed by atoms with Crippen molar-refractivity contribution in [2.75, 3.05) is 25.6 Å². The van der Waals surface area contributed by atoms with Crippen LogP contribution in [0.5, 0.6) is 5.75 Å². The second-order valence-electron chi connectivity index (χ2n) is 7.62. The van der Waals surface area contributed by atoms with Crippen molar-refractivity contribution in [2.45, 2.75) is 43.0 Å². The fourth-order valence-corrected chi connectivity index (χ4v) is 5.07. The van der Waals surface area contributed by atoms with E-state index in [1.54, 1.807) is 11.8 Å². The highest BCUT2D eigenvalue weighted by Gasteiger charge is 2.42. The van der Waals surface area contributed by atoms with Gasteiger partial charge in [0.2, 0.25) is 23.3 Å². The molecule has 2 heterocycles. The zero-order valence-electron chi connectivity index (χ0n) is 18.5. The van der Waals surface area contributed by atoms with Crippen molar-refractivity contribution in [3.63, 3.8) is 0 Å². The molecule has 7 nitrogen and oxygen atoms in total. The molecule has 186 valence electrons. The average Bonchev–Trinajstić information content (AvgIpc) is 3.32. The second kappa shape index (κ2) is 13.1. The van der Waals surface area contributed by atoms with E-state index in [1.165, 1.54) is 18.7 Å². The Morgan fingerprint density at radius 1 is 1.21 bits per heavy atom. The quantitative estimate of drug-likeness (QED) is 0.104. The van der Waals surface area contributed by atoms with Crippen LogP contribution in [0.3, 0.4) is 0 Å². The molecule has 2 saturated heterocycles. The minimum atomic E-state index is -1.83. The maximum atomic E-state index is 13.6. The fourth-order valence-electron chi connectivity index (χ4n) is 3.52. The number of nitrogens with zero attached hydrogens (tertiary/aromatic N) is 1. The highest BCUT2D eigenvalue weighted by atomic mass is 32.2. The normalized spacial score (nSPS) is 20.5. The SMILES string of the molecule is CN(CC(=O)Oc1c(F)c(F)cc(F)c1F)C(=O)CCCC[C@@H]1SC[C@@H]2NC(=O)N[C@@H]21.[B]SC. The summed E-state index contributed by atoms with van der Waals surface area (Å²) in [6.07, 6.45) is 4.06. The Balaban J connectivity index is 0.00000129. The molecule has 1 aromatic carbocycles. The maximum Gasteiger partial charge on any atom is 0.331 e. The van der Waals surface area contributed by atoms with E-state index >= 15 is 0 Å². The smallest absolute Gasteiger partial charge is 0.331 e. The zero-order chi connectivity index (χ0) is 25.4. The molecule has 3 atom stereocenters. The third-order valence-electron chi connectivity index (χ3n) is 5.15. The number of nitrogens with one attached hydrogen (secondary N) is 2. The summed E-state index contributed by atoms with van der Waals surface area (Å²) in [7, 11) is 6.07. The summed E-state index contributed by atoms with van der Waals surface area (Å²) in [4.78, 5) is 36.4. The lowest BCUT2D eigenvalue weighted by molar-refractivity contribution is -0.141. The fraction of sp³-hybridized carbons (Fsp3) is 0.550. The van der Waals surface area contributed by atoms with E-state index in [9.17, 15) is 31.9 Å². The number of hydrogen-bond acceptors (Lipinski definition) is 6. The van der Waals surface area contributed by atoms with Crippen LogP contribution in [0.15, 0.2) is 6.07 Å². The molecule has 1 aromatic rings. The summed E-state index contributed by atoms with van der Waals surface area (Å²) in [6, 6.07) is 0.0466. The van der Waals surface area contributed by atoms with Gasteiger partial charge in [0, 0.05) is 30.5 Å². The van der Waals surface area contributed by atoms with Crippen molar-refractivity contribution >= 4 is 48.4 Å². The van der Waals surface area contributed by atoms with Gasteiger partial charge in [-0.2, -0.15) is 20.5 Å². The van der Waals surface area contributed by atoms with Gasteiger partial charge in [-0.1, -0.05) is 6.42 Å². The predicted octanol–water partition coefficient (Wildman–Crippen LogP) is 2.77. The number of rotatable bonds is 8. The van der Waals surface area contributed by atoms with Gasteiger partial charge in [-0.3, -0.25) is 4.79 Å². The van der Waals surface area contributed by atoms with Crippen LogP contribution in [0.1, 0.15) is 25.7 Å². The predicted molar refractivity (Wildman–Crippen MR) is 123 cm³/mol. The van der Waals surface area contributed by atoms with Crippen molar-refractivity contribution in [1.29, 1.82) is 0 Å². The van der Waals surface area contributed by atoms with E-state index in [2.05, 4.69) is 15.4 Å². The van der Waals surface area contributed by atoms with E-state index < -0.39 is 47.4 Å². The van der Waals surface area contributed by atoms with Crippen LogP contribution in [0.25, 0.3) is 0 Å². The molecular formula is C20H24BF4N3O4S2. The molecule has 2 aliphatic heterocycles. The minimum Gasteiger partial charge on any atom is -0.419 e. The number of hydrogen-bond donors (Lipinski definition) is 2. The summed E-state index contributed by atoms with van der Waals surface area (Å²) in [5, 5.41) is 6.01. The molecule has 34 heavy (non-hydrogen) atoms. The van der Waals surface area contributed by atoms with Gasteiger partial charge in [-0.05, 0) is 19.1 Å². The van der Waals surface area contributed by atoms with Crippen molar-refractivity contribution < 1.29 is 36.7 Å². The number of benzene rings is 1. The van der Waals surface area contributed by atoms with Gasteiger partial charge >= 0.3 is 12.0 Å². The number of fused-ring (bicyclic) bond motifs is 1. The highest BCUT2D eigenvalue weighted by molar-refractivity contribution is 8.19. The monoisotopic (exact) mass is 521 g/mol. The third kappa shape index (κ3) is 7.46. The Morgan fingerprint density at radius 2 is 1.82 bits per heavy atom. The number of carbonyl (C=O) groups excluding carboxylic acids is 3. The summed E-state index contributed by atoms with van der Waals surface area (Å²) in [5.41, 5.74) is 0. The number of thioether (sulfide) groups is 1. The van der Waals surface area contributed by atoms with Crippen LogP contribution in [-0.2, 0) is 9.59 Å². The molecule has 0 spiro atoms. The summed E-state index contributed by atoms with van der Waals surface area (Å²) in [5.74, 6) is -9.34. The van der Waals surface area contributed by atoms with Gasteiger partial charge in [0.05, 0.1) is 12.1 Å². The first kappa shape index (κ1) is 28.2. The molecule has 0 unspecified atom stereocenters. The van der Waals surface area contributed by atoms with Gasteiger partial charge in [0.25, 0.3) is 0 Å². The van der Waals surface area contributed by atoms with Crippen molar-refractivity contribution in [3.8, 4) is 5.75 Å². The Labute approximate surface area is 204 Å². The number of ether oxygens (including phenoxy) is 1. The van der Waals surface area contributed by atoms with Crippen LogP contribution >= 0.6 is 23.4 Å². The van der Waals surface area contributed by atoms with E-state index in [1.807, 2.05) is 6.26 Å². The molecule has 3 amide bonds. The lowest BCUT2D eigenvalue weighted by atomic mass is 10.0. The average molecular weight is 521 g/mol. The number of amides is 3. The first-order chi connectivity index (χ1) is 16.1. The van der Waals surface area contributed by atoms with Gasteiger partial charge in [-0.15, -0.1) is 0 Å². The van der Waals surface area contributed by atoms with Gasteiger partial charge < -0.3 is 20.3 Å². The van der Waals surface area contributed by atoms with Gasteiger partial charge in [-0.25, -0.2) is 30.0 Å². The minimum absolute atomic E-state index is 0.000958. The molecule has 14 heteroatoms. The van der Waals surface area contributed by atoms with Crippen LogP contribution in [0.2, 0.25) is 0 Å². The number of unbranched alkanes of at least 4 members (excludes halogenated alkanes) is 1.